The fourth-order valence-corrected chi connectivity index (χ4v) is 2.12. The summed E-state index contributed by atoms with van der Waals surface area (Å²) in [6.45, 7) is 7.38. The summed E-state index contributed by atoms with van der Waals surface area (Å²) >= 11 is 0. The molecule has 0 saturated carbocycles. The maximum absolute atomic E-state index is 5.43. The standard InChI is InChI=1S/C10H22O2Si/c1-5-6-8-12-9-7-10-13(3,4)11-2/h6,8H,5,7,9-10H2,1-4H3. The van der Waals surface area contributed by atoms with Gasteiger partial charge in [-0.15, -0.1) is 0 Å². The van der Waals surface area contributed by atoms with Crippen molar-refractivity contribution >= 4 is 8.32 Å². The third-order valence-corrected chi connectivity index (χ3v) is 4.68. The van der Waals surface area contributed by atoms with Crippen molar-refractivity contribution in [2.24, 2.45) is 0 Å². The Hall–Kier alpha value is -0.283. The van der Waals surface area contributed by atoms with E-state index in [1.54, 1.807) is 6.26 Å². The Morgan fingerprint density at radius 1 is 1.31 bits per heavy atom. The average Bonchev–Trinajstić information content (AvgIpc) is 2.11. The molecule has 0 bridgehead atoms. The number of rotatable bonds is 7. The lowest BCUT2D eigenvalue weighted by Crippen LogP contribution is -2.28. The van der Waals surface area contributed by atoms with E-state index in [0.29, 0.717) is 0 Å². The molecule has 0 aromatic rings. The van der Waals surface area contributed by atoms with Crippen LogP contribution in [0.15, 0.2) is 12.3 Å². The predicted molar refractivity (Wildman–Crippen MR) is 59.3 cm³/mol. The van der Waals surface area contributed by atoms with Gasteiger partial charge in [-0.25, -0.2) is 0 Å². The third kappa shape index (κ3) is 8.06. The van der Waals surface area contributed by atoms with Crippen LogP contribution in [0.2, 0.25) is 19.1 Å². The summed E-state index contributed by atoms with van der Waals surface area (Å²) in [5, 5.41) is 0. The maximum atomic E-state index is 5.43. The molecule has 0 heterocycles. The lowest BCUT2D eigenvalue weighted by molar-refractivity contribution is 0.246. The summed E-state index contributed by atoms with van der Waals surface area (Å²) < 4.78 is 10.7. The van der Waals surface area contributed by atoms with Crippen LogP contribution in [-0.2, 0) is 9.16 Å². The van der Waals surface area contributed by atoms with Crippen molar-refractivity contribution in [2.45, 2.75) is 38.9 Å². The van der Waals surface area contributed by atoms with Crippen LogP contribution in [-0.4, -0.2) is 22.0 Å². The minimum absolute atomic E-state index is 0.816. The molecule has 0 fully saturated rings. The van der Waals surface area contributed by atoms with Gasteiger partial charge in [0.15, 0.2) is 8.32 Å². The largest absolute Gasteiger partial charge is 0.502 e. The van der Waals surface area contributed by atoms with Crippen LogP contribution in [0.25, 0.3) is 0 Å². The van der Waals surface area contributed by atoms with Crippen molar-refractivity contribution < 1.29 is 9.16 Å². The first-order chi connectivity index (χ1) is 6.12. The van der Waals surface area contributed by atoms with E-state index < -0.39 is 8.32 Å². The SMILES string of the molecule is CCC=COCCC[Si](C)(C)OC. The van der Waals surface area contributed by atoms with Gasteiger partial charge in [-0.2, -0.15) is 0 Å². The molecule has 0 aromatic carbocycles. The van der Waals surface area contributed by atoms with Gasteiger partial charge in [-0.1, -0.05) is 13.0 Å². The van der Waals surface area contributed by atoms with Gasteiger partial charge in [0.05, 0.1) is 12.9 Å². The Morgan fingerprint density at radius 3 is 2.54 bits per heavy atom. The molecule has 0 amide bonds. The van der Waals surface area contributed by atoms with Crippen molar-refractivity contribution in [3.05, 3.63) is 12.3 Å². The number of hydrogen-bond donors (Lipinski definition) is 0. The monoisotopic (exact) mass is 202 g/mol. The Balaban J connectivity index is 3.30. The molecular formula is C10H22O2Si. The van der Waals surface area contributed by atoms with Gasteiger partial charge in [0, 0.05) is 7.11 Å². The van der Waals surface area contributed by atoms with Crippen molar-refractivity contribution in [2.75, 3.05) is 13.7 Å². The van der Waals surface area contributed by atoms with Gasteiger partial charge in [0.1, 0.15) is 0 Å². The van der Waals surface area contributed by atoms with E-state index in [0.717, 1.165) is 19.4 Å². The Bertz CT molecular complexity index is 144. The highest BCUT2D eigenvalue weighted by Crippen LogP contribution is 2.11. The summed E-state index contributed by atoms with van der Waals surface area (Å²) in [6, 6.07) is 1.17. The van der Waals surface area contributed by atoms with Gasteiger partial charge < -0.3 is 9.16 Å². The molecular weight excluding hydrogens is 180 g/mol. The van der Waals surface area contributed by atoms with E-state index >= 15 is 0 Å². The molecule has 3 heteroatoms. The van der Waals surface area contributed by atoms with Gasteiger partial charge in [-0.3, -0.25) is 0 Å². The second kappa shape index (κ2) is 7.15. The van der Waals surface area contributed by atoms with E-state index in [9.17, 15) is 0 Å². The van der Waals surface area contributed by atoms with Crippen LogP contribution >= 0.6 is 0 Å². The molecule has 0 aliphatic carbocycles. The first-order valence-corrected chi connectivity index (χ1v) is 8.05. The third-order valence-electron chi connectivity index (χ3n) is 2.02. The minimum atomic E-state index is -1.35. The molecule has 0 aromatic heterocycles. The van der Waals surface area contributed by atoms with Crippen LogP contribution in [0.5, 0.6) is 0 Å². The van der Waals surface area contributed by atoms with Crippen LogP contribution < -0.4 is 0 Å². The van der Waals surface area contributed by atoms with Crippen LogP contribution in [0.1, 0.15) is 19.8 Å². The zero-order valence-electron chi connectivity index (χ0n) is 9.30. The summed E-state index contributed by atoms with van der Waals surface area (Å²) in [4.78, 5) is 0. The molecule has 0 unspecified atom stereocenters. The van der Waals surface area contributed by atoms with E-state index in [-0.39, 0.29) is 0 Å². The second-order valence-electron chi connectivity index (χ2n) is 3.72. The lowest BCUT2D eigenvalue weighted by atomic mass is 10.5. The maximum Gasteiger partial charge on any atom is 0.186 e. The molecule has 0 radical (unpaired) electrons. The van der Waals surface area contributed by atoms with Crippen LogP contribution in [0.4, 0.5) is 0 Å². The number of ether oxygens (including phenoxy) is 1. The highest BCUT2D eigenvalue weighted by Gasteiger charge is 2.19. The van der Waals surface area contributed by atoms with Crippen molar-refractivity contribution in [1.29, 1.82) is 0 Å². The molecule has 13 heavy (non-hydrogen) atoms. The molecule has 0 atom stereocenters. The zero-order valence-corrected chi connectivity index (χ0v) is 10.3. The molecule has 2 nitrogen and oxygen atoms in total. The molecule has 0 saturated heterocycles. The Labute approximate surface area is 83.1 Å². The fourth-order valence-electron chi connectivity index (χ4n) is 0.916. The summed E-state index contributed by atoms with van der Waals surface area (Å²) in [6.07, 6.45) is 5.96. The molecule has 0 aliphatic heterocycles. The van der Waals surface area contributed by atoms with E-state index in [1.807, 2.05) is 13.2 Å². The van der Waals surface area contributed by atoms with Gasteiger partial charge >= 0.3 is 0 Å². The molecule has 0 rings (SSSR count). The fraction of sp³-hybridized carbons (Fsp3) is 0.800. The highest BCUT2D eigenvalue weighted by atomic mass is 28.4. The molecule has 0 N–H and O–H groups in total. The van der Waals surface area contributed by atoms with Gasteiger partial charge in [0.25, 0.3) is 0 Å². The Morgan fingerprint density at radius 2 is 2.00 bits per heavy atom. The molecule has 0 aliphatic rings. The first-order valence-electron chi connectivity index (χ1n) is 4.94. The van der Waals surface area contributed by atoms with Crippen LogP contribution in [0, 0.1) is 0 Å². The predicted octanol–water partition coefficient (Wildman–Crippen LogP) is 3.17. The van der Waals surface area contributed by atoms with E-state index in [1.165, 1.54) is 6.04 Å². The summed E-state index contributed by atoms with van der Waals surface area (Å²) in [5.74, 6) is 0. The van der Waals surface area contributed by atoms with Crippen LogP contribution in [0.3, 0.4) is 0 Å². The smallest absolute Gasteiger partial charge is 0.186 e. The zero-order chi connectivity index (χ0) is 10.2. The average molecular weight is 202 g/mol. The number of hydrogen-bond acceptors (Lipinski definition) is 2. The topological polar surface area (TPSA) is 18.5 Å². The molecule has 0 spiro atoms. The lowest BCUT2D eigenvalue weighted by Gasteiger charge is -2.19. The van der Waals surface area contributed by atoms with Gasteiger partial charge in [0.2, 0.25) is 0 Å². The minimum Gasteiger partial charge on any atom is -0.502 e. The molecule has 78 valence electrons. The normalized spacial score (nSPS) is 12.3. The second-order valence-corrected chi connectivity index (χ2v) is 8.15. The summed E-state index contributed by atoms with van der Waals surface area (Å²) in [5.41, 5.74) is 0. The van der Waals surface area contributed by atoms with E-state index in [2.05, 4.69) is 20.0 Å². The number of allylic oxidation sites excluding steroid dienone is 1. The van der Waals surface area contributed by atoms with Gasteiger partial charge in [-0.05, 0) is 32.0 Å². The van der Waals surface area contributed by atoms with Crippen molar-refractivity contribution in [1.82, 2.24) is 0 Å². The van der Waals surface area contributed by atoms with E-state index in [4.69, 9.17) is 9.16 Å². The quantitative estimate of drug-likeness (QED) is 0.359. The van der Waals surface area contributed by atoms with Crippen molar-refractivity contribution in [3.63, 3.8) is 0 Å². The summed E-state index contributed by atoms with van der Waals surface area (Å²) in [7, 11) is 0.460. The van der Waals surface area contributed by atoms with Crippen molar-refractivity contribution in [3.8, 4) is 0 Å². The first kappa shape index (κ1) is 12.7. The Kier molecular flexibility index (Phi) is 7.00. The highest BCUT2D eigenvalue weighted by molar-refractivity contribution is 6.71.